The number of benzene rings is 3. The number of thiophene rings is 1. The van der Waals surface area contributed by atoms with Gasteiger partial charge in [-0.3, -0.25) is 9.59 Å². The van der Waals surface area contributed by atoms with Crippen LogP contribution in [0.4, 0.5) is 11.4 Å². The summed E-state index contributed by atoms with van der Waals surface area (Å²) < 4.78 is 0. The van der Waals surface area contributed by atoms with Crippen LogP contribution in [-0.2, 0) is 0 Å². The Morgan fingerprint density at radius 2 is 1.64 bits per heavy atom. The van der Waals surface area contributed by atoms with E-state index in [-0.39, 0.29) is 11.8 Å². The van der Waals surface area contributed by atoms with Gasteiger partial charge in [0.2, 0.25) is 0 Å². The molecule has 1 fully saturated rings. The van der Waals surface area contributed by atoms with Gasteiger partial charge < -0.3 is 15.1 Å². The quantitative estimate of drug-likeness (QED) is 0.407. The van der Waals surface area contributed by atoms with Gasteiger partial charge in [-0.15, -0.1) is 11.3 Å². The monoisotopic (exact) mass is 475 g/mol. The molecule has 1 N–H and O–H groups in total. The second-order valence-corrected chi connectivity index (χ2v) is 9.29. The van der Waals surface area contributed by atoms with Crippen LogP contribution in [0, 0.1) is 0 Å². The highest BCUT2D eigenvalue weighted by atomic mass is 35.5. The first kappa shape index (κ1) is 21.5. The third-order valence-corrected chi connectivity index (χ3v) is 7.02. The minimum absolute atomic E-state index is 0.0856. The molecule has 5 nitrogen and oxygen atoms in total. The molecule has 1 aromatic heterocycles. The molecule has 166 valence electrons. The van der Waals surface area contributed by atoms with Gasteiger partial charge in [-0.05, 0) is 52.6 Å². The SMILES string of the molecule is O=C(Nc1ccc(N2CCN(C(=O)c3cccs3)CC2)c(Cl)c1)c1ccc2ccccc2c1. The van der Waals surface area contributed by atoms with Crippen LogP contribution in [0.2, 0.25) is 5.02 Å². The maximum absolute atomic E-state index is 12.8. The molecule has 33 heavy (non-hydrogen) atoms. The lowest BCUT2D eigenvalue weighted by Crippen LogP contribution is -2.48. The van der Waals surface area contributed by atoms with Gasteiger partial charge in [0.25, 0.3) is 11.8 Å². The lowest BCUT2D eigenvalue weighted by Gasteiger charge is -2.36. The van der Waals surface area contributed by atoms with E-state index in [0.717, 1.165) is 21.3 Å². The molecule has 2 amide bonds. The molecule has 4 aromatic rings. The van der Waals surface area contributed by atoms with Gasteiger partial charge in [-0.1, -0.05) is 48.0 Å². The second kappa shape index (κ2) is 9.25. The summed E-state index contributed by atoms with van der Waals surface area (Å²) in [7, 11) is 0. The molecule has 1 aliphatic rings. The van der Waals surface area contributed by atoms with E-state index in [0.29, 0.717) is 42.5 Å². The van der Waals surface area contributed by atoms with Crippen molar-refractivity contribution in [3.8, 4) is 0 Å². The molecule has 1 saturated heterocycles. The van der Waals surface area contributed by atoms with Crippen molar-refractivity contribution in [2.45, 2.75) is 0 Å². The summed E-state index contributed by atoms with van der Waals surface area (Å²) in [5, 5.41) is 7.55. The predicted octanol–water partition coefficient (Wildman–Crippen LogP) is 5.77. The highest BCUT2D eigenvalue weighted by Crippen LogP contribution is 2.30. The van der Waals surface area contributed by atoms with Gasteiger partial charge in [0.05, 0.1) is 15.6 Å². The molecule has 1 aliphatic heterocycles. The predicted molar refractivity (Wildman–Crippen MR) is 136 cm³/mol. The summed E-state index contributed by atoms with van der Waals surface area (Å²) >= 11 is 8.05. The van der Waals surface area contributed by atoms with Crippen molar-refractivity contribution in [1.29, 1.82) is 0 Å². The molecule has 3 aromatic carbocycles. The van der Waals surface area contributed by atoms with Crippen molar-refractivity contribution in [3.63, 3.8) is 0 Å². The Morgan fingerprint density at radius 3 is 2.36 bits per heavy atom. The van der Waals surface area contributed by atoms with Gasteiger partial charge in [-0.25, -0.2) is 0 Å². The average molecular weight is 476 g/mol. The molecule has 0 radical (unpaired) electrons. The Balaban J connectivity index is 1.24. The minimum atomic E-state index is -0.176. The van der Waals surface area contributed by atoms with Crippen molar-refractivity contribution in [1.82, 2.24) is 4.90 Å². The summed E-state index contributed by atoms with van der Waals surface area (Å²) in [5.41, 5.74) is 2.15. The fourth-order valence-electron chi connectivity index (χ4n) is 4.08. The zero-order valence-electron chi connectivity index (χ0n) is 17.8. The van der Waals surface area contributed by atoms with E-state index in [2.05, 4.69) is 10.2 Å². The smallest absolute Gasteiger partial charge is 0.264 e. The van der Waals surface area contributed by atoms with Crippen LogP contribution in [-0.4, -0.2) is 42.9 Å². The number of hydrogen-bond acceptors (Lipinski definition) is 4. The molecule has 7 heteroatoms. The summed E-state index contributed by atoms with van der Waals surface area (Å²) in [5.74, 6) is -0.0900. The van der Waals surface area contributed by atoms with Crippen LogP contribution in [0.1, 0.15) is 20.0 Å². The van der Waals surface area contributed by atoms with Gasteiger partial charge in [0.15, 0.2) is 0 Å². The summed E-state index contributed by atoms with van der Waals surface area (Å²) in [6.45, 7) is 2.71. The highest BCUT2D eigenvalue weighted by molar-refractivity contribution is 7.12. The number of fused-ring (bicyclic) bond motifs is 1. The van der Waals surface area contributed by atoms with Crippen molar-refractivity contribution >= 4 is 56.9 Å². The molecule has 0 saturated carbocycles. The zero-order valence-corrected chi connectivity index (χ0v) is 19.4. The molecule has 0 unspecified atom stereocenters. The number of piperazine rings is 1. The third kappa shape index (κ3) is 4.58. The molecular formula is C26H22ClN3O2S. The molecule has 2 heterocycles. The number of nitrogens with one attached hydrogen (secondary N) is 1. The molecular weight excluding hydrogens is 454 g/mol. The van der Waals surface area contributed by atoms with Crippen molar-refractivity contribution < 1.29 is 9.59 Å². The van der Waals surface area contributed by atoms with Gasteiger partial charge in [-0.2, -0.15) is 0 Å². The Bertz CT molecular complexity index is 1310. The van der Waals surface area contributed by atoms with E-state index in [1.165, 1.54) is 11.3 Å². The third-order valence-electron chi connectivity index (χ3n) is 5.86. The standard InChI is InChI=1S/C26H22ClN3O2S/c27-22-17-21(28-25(31)20-8-7-18-4-1-2-5-19(18)16-20)9-10-23(22)29-11-13-30(14-12-29)26(32)24-6-3-15-33-24/h1-10,15-17H,11-14H2,(H,28,31). The fourth-order valence-corrected chi connectivity index (χ4v) is 5.07. The van der Waals surface area contributed by atoms with E-state index >= 15 is 0 Å². The fraction of sp³-hybridized carbons (Fsp3) is 0.154. The zero-order chi connectivity index (χ0) is 22.8. The van der Waals surface area contributed by atoms with Gasteiger partial charge in [0, 0.05) is 37.4 Å². The largest absolute Gasteiger partial charge is 0.367 e. The molecule has 0 spiro atoms. The Hall–Kier alpha value is -3.35. The number of carbonyl (C=O) groups is 2. The van der Waals surface area contributed by atoms with Gasteiger partial charge >= 0.3 is 0 Å². The first-order chi connectivity index (χ1) is 16.1. The van der Waals surface area contributed by atoms with E-state index in [1.54, 1.807) is 6.07 Å². The Morgan fingerprint density at radius 1 is 0.848 bits per heavy atom. The topological polar surface area (TPSA) is 52.7 Å². The first-order valence-electron chi connectivity index (χ1n) is 10.8. The van der Waals surface area contributed by atoms with E-state index in [4.69, 9.17) is 11.6 Å². The number of anilines is 2. The summed E-state index contributed by atoms with van der Waals surface area (Å²) in [4.78, 5) is 30.1. The number of amides is 2. The number of carbonyl (C=O) groups excluding carboxylic acids is 2. The first-order valence-corrected chi connectivity index (χ1v) is 12.0. The van der Waals surface area contributed by atoms with Crippen molar-refractivity contribution in [3.05, 3.63) is 93.6 Å². The average Bonchev–Trinajstić information content (AvgIpc) is 3.39. The van der Waals surface area contributed by atoms with Crippen LogP contribution < -0.4 is 10.2 Å². The molecule has 5 rings (SSSR count). The summed E-state index contributed by atoms with van der Waals surface area (Å²) in [6.07, 6.45) is 0. The van der Waals surface area contributed by atoms with E-state index in [9.17, 15) is 9.59 Å². The number of halogens is 1. The Labute approximate surface area is 201 Å². The normalized spacial score (nSPS) is 13.8. The van der Waals surface area contributed by atoms with Crippen LogP contribution in [0.3, 0.4) is 0 Å². The lowest BCUT2D eigenvalue weighted by atomic mass is 10.1. The van der Waals surface area contributed by atoms with Crippen LogP contribution in [0.15, 0.2) is 78.2 Å². The van der Waals surface area contributed by atoms with Crippen LogP contribution in [0.25, 0.3) is 10.8 Å². The Kier molecular flexibility index (Phi) is 6.03. The molecule has 0 aliphatic carbocycles. The molecule has 0 bridgehead atoms. The van der Waals surface area contributed by atoms with Gasteiger partial charge in [0.1, 0.15) is 0 Å². The highest BCUT2D eigenvalue weighted by Gasteiger charge is 2.24. The summed E-state index contributed by atoms with van der Waals surface area (Å²) in [6, 6.07) is 22.9. The number of hydrogen-bond donors (Lipinski definition) is 1. The van der Waals surface area contributed by atoms with Crippen LogP contribution >= 0.6 is 22.9 Å². The lowest BCUT2D eigenvalue weighted by molar-refractivity contribution is 0.0751. The second-order valence-electron chi connectivity index (χ2n) is 7.94. The van der Waals surface area contributed by atoms with E-state index < -0.39 is 0 Å². The number of rotatable bonds is 4. The van der Waals surface area contributed by atoms with Crippen LogP contribution in [0.5, 0.6) is 0 Å². The maximum atomic E-state index is 12.8. The van der Waals surface area contributed by atoms with E-state index in [1.807, 2.05) is 77.0 Å². The maximum Gasteiger partial charge on any atom is 0.264 e. The number of nitrogens with zero attached hydrogens (tertiary/aromatic N) is 2. The molecule has 0 atom stereocenters. The minimum Gasteiger partial charge on any atom is -0.367 e. The van der Waals surface area contributed by atoms with Crippen molar-refractivity contribution in [2.75, 3.05) is 36.4 Å². The van der Waals surface area contributed by atoms with Crippen molar-refractivity contribution in [2.24, 2.45) is 0 Å².